The predicted molar refractivity (Wildman–Crippen MR) is 68.1 cm³/mol. The van der Waals surface area contributed by atoms with Crippen LogP contribution in [0, 0.1) is 0 Å². The smallest absolute Gasteiger partial charge is 0.119 e. The van der Waals surface area contributed by atoms with Gasteiger partial charge in [-0.05, 0) is 44.4 Å². The number of hydrogen-bond acceptors (Lipinski definition) is 3. The first-order chi connectivity index (χ1) is 8.20. The Kier molecular flexibility index (Phi) is 4.02. The van der Waals surface area contributed by atoms with Gasteiger partial charge in [-0.2, -0.15) is 0 Å². The minimum Gasteiger partial charge on any atom is -0.494 e. The molecule has 0 saturated carbocycles. The summed E-state index contributed by atoms with van der Waals surface area (Å²) in [4.78, 5) is 0. The number of hydrogen-bond donors (Lipinski definition) is 1. The van der Waals surface area contributed by atoms with Gasteiger partial charge >= 0.3 is 0 Å². The van der Waals surface area contributed by atoms with E-state index in [9.17, 15) is 0 Å². The van der Waals surface area contributed by atoms with Crippen LogP contribution in [0.5, 0.6) is 5.75 Å². The van der Waals surface area contributed by atoms with Crippen LogP contribution >= 0.6 is 0 Å². The number of rotatable bonds is 4. The lowest BCUT2D eigenvalue weighted by Gasteiger charge is -2.20. The third kappa shape index (κ3) is 2.99. The van der Waals surface area contributed by atoms with Gasteiger partial charge in [-0.3, -0.25) is 0 Å². The molecule has 3 unspecified atom stereocenters. The monoisotopic (exact) mass is 235 g/mol. The van der Waals surface area contributed by atoms with Gasteiger partial charge in [0.1, 0.15) is 5.75 Å². The van der Waals surface area contributed by atoms with E-state index in [1.54, 1.807) is 0 Å². The van der Waals surface area contributed by atoms with Gasteiger partial charge in [-0.1, -0.05) is 12.1 Å². The second-order valence-corrected chi connectivity index (χ2v) is 4.59. The van der Waals surface area contributed by atoms with Crippen LogP contribution in [0.2, 0.25) is 0 Å². The fourth-order valence-electron chi connectivity index (χ4n) is 2.27. The first kappa shape index (κ1) is 12.4. The van der Waals surface area contributed by atoms with E-state index in [0.29, 0.717) is 12.7 Å². The minimum absolute atomic E-state index is 0.0318. The van der Waals surface area contributed by atoms with Gasteiger partial charge in [0.15, 0.2) is 0 Å². The van der Waals surface area contributed by atoms with Crippen molar-refractivity contribution in [3.8, 4) is 5.75 Å². The fourth-order valence-corrected chi connectivity index (χ4v) is 2.27. The molecule has 1 aromatic carbocycles. The van der Waals surface area contributed by atoms with Crippen molar-refractivity contribution in [3.63, 3.8) is 0 Å². The molecule has 0 aromatic heterocycles. The number of ether oxygens (including phenoxy) is 2. The lowest BCUT2D eigenvalue weighted by molar-refractivity contribution is 0.0401. The highest BCUT2D eigenvalue weighted by Crippen LogP contribution is 2.29. The zero-order valence-corrected chi connectivity index (χ0v) is 10.6. The van der Waals surface area contributed by atoms with Crippen molar-refractivity contribution in [2.75, 3.05) is 6.61 Å². The molecule has 2 rings (SSSR count). The normalized spacial score (nSPS) is 25.8. The van der Waals surface area contributed by atoms with Crippen LogP contribution in [0.15, 0.2) is 24.3 Å². The zero-order valence-electron chi connectivity index (χ0n) is 10.6. The lowest BCUT2D eigenvalue weighted by atomic mass is 10.00. The molecular weight excluding hydrogens is 214 g/mol. The highest BCUT2D eigenvalue weighted by Gasteiger charge is 2.28. The van der Waals surface area contributed by atoms with E-state index < -0.39 is 0 Å². The van der Waals surface area contributed by atoms with Crippen molar-refractivity contribution >= 4 is 0 Å². The van der Waals surface area contributed by atoms with E-state index in [4.69, 9.17) is 15.2 Å². The van der Waals surface area contributed by atoms with Gasteiger partial charge in [0.2, 0.25) is 0 Å². The molecule has 0 aliphatic carbocycles. The van der Waals surface area contributed by atoms with Gasteiger partial charge < -0.3 is 15.2 Å². The molecule has 17 heavy (non-hydrogen) atoms. The van der Waals surface area contributed by atoms with Gasteiger partial charge in [-0.15, -0.1) is 0 Å². The quantitative estimate of drug-likeness (QED) is 0.872. The second-order valence-electron chi connectivity index (χ2n) is 4.59. The third-order valence-corrected chi connectivity index (χ3v) is 3.24. The molecule has 94 valence electrons. The van der Waals surface area contributed by atoms with Crippen molar-refractivity contribution in [1.29, 1.82) is 0 Å². The van der Waals surface area contributed by atoms with Crippen molar-refractivity contribution in [1.82, 2.24) is 0 Å². The van der Waals surface area contributed by atoms with Crippen LogP contribution in [0.1, 0.15) is 38.3 Å². The maximum atomic E-state index is 6.22. The maximum absolute atomic E-state index is 6.22. The average molecular weight is 235 g/mol. The standard InChI is InChI=1S/C14H21NO2/c1-3-16-12-7-5-11(6-8-12)14(15)13-9-4-10(2)17-13/h5-8,10,13-14H,3-4,9,15H2,1-2H3. The molecule has 3 nitrogen and oxygen atoms in total. The van der Waals surface area contributed by atoms with Crippen LogP contribution in [-0.2, 0) is 4.74 Å². The van der Waals surface area contributed by atoms with E-state index in [0.717, 1.165) is 24.2 Å². The molecule has 0 radical (unpaired) electrons. The Morgan fingerprint density at radius 1 is 1.35 bits per heavy atom. The van der Waals surface area contributed by atoms with Crippen LogP contribution in [0.4, 0.5) is 0 Å². The SMILES string of the molecule is CCOc1ccc(C(N)C2CCC(C)O2)cc1. The van der Waals surface area contributed by atoms with Crippen molar-refractivity contribution < 1.29 is 9.47 Å². The highest BCUT2D eigenvalue weighted by atomic mass is 16.5. The first-order valence-electron chi connectivity index (χ1n) is 6.34. The molecule has 0 spiro atoms. The third-order valence-electron chi connectivity index (χ3n) is 3.24. The molecule has 0 amide bonds. The Labute approximate surface area is 103 Å². The summed E-state index contributed by atoms with van der Waals surface area (Å²) >= 11 is 0. The summed E-state index contributed by atoms with van der Waals surface area (Å²) < 4.78 is 11.2. The van der Waals surface area contributed by atoms with E-state index in [-0.39, 0.29) is 12.1 Å². The average Bonchev–Trinajstić information content (AvgIpc) is 2.76. The topological polar surface area (TPSA) is 44.5 Å². The molecule has 1 aliphatic rings. The van der Waals surface area contributed by atoms with Crippen molar-refractivity contribution in [2.24, 2.45) is 5.73 Å². The van der Waals surface area contributed by atoms with Crippen LogP contribution in [0.3, 0.4) is 0 Å². The molecule has 0 bridgehead atoms. The Morgan fingerprint density at radius 3 is 2.59 bits per heavy atom. The Morgan fingerprint density at radius 2 is 2.06 bits per heavy atom. The molecule has 1 aliphatic heterocycles. The fraction of sp³-hybridized carbons (Fsp3) is 0.571. The van der Waals surface area contributed by atoms with Gasteiger partial charge in [-0.25, -0.2) is 0 Å². The molecule has 1 aromatic rings. The Bertz CT molecular complexity index is 350. The van der Waals surface area contributed by atoms with E-state index in [1.165, 1.54) is 0 Å². The summed E-state index contributed by atoms with van der Waals surface area (Å²) in [6.07, 6.45) is 2.65. The van der Waals surface area contributed by atoms with Crippen LogP contribution in [0.25, 0.3) is 0 Å². The first-order valence-corrected chi connectivity index (χ1v) is 6.34. The number of nitrogens with two attached hydrogens (primary N) is 1. The molecule has 2 N–H and O–H groups in total. The highest BCUT2D eigenvalue weighted by molar-refractivity contribution is 5.29. The van der Waals surface area contributed by atoms with Crippen molar-refractivity contribution in [2.45, 2.75) is 44.9 Å². The van der Waals surface area contributed by atoms with Gasteiger partial charge in [0.05, 0.1) is 24.9 Å². The van der Waals surface area contributed by atoms with Gasteiger partial charge in [0, 0.05) is 0 Å². The maximum Gasteiger partial charge on any atom is 0.119 e. The molecule has 3 heteroatoms. The van der Waals surface area contributed by atoms with E-state index >= 15 is 0 Å². The van der Waals surface area contributed by atoms with E-state index in [1.807, 2.05) is 31.2 Å². The molecular formula is C14H21NO2. The molecule has 1 saturated heterocycles. The minimum atomic E-state index is -0.0318. The molecule has 1 fully saturated rings. The van der Waals surface area contributed by atoms with E-state index in [2.05, 4.69) is 6.92 Å². The summed E-state index contributed by atoms with van der Waals surface area (Å²) in [5.74, 6) is 0.893. The second kappa shape index (κ2) is 5.52. The summed E-state index contributed by atoms with van der Waals surface area (Å²) in [5.41, 5.74) is 7.34. The zero-order chi connectivity index (χ0) is 12.3. The number of benzene rings is 1. The Balaban J connectivity index is 2.01. The van der Waals surface area contributed by atoms with Crippen LogP contribution in [-0.4, -0.2) is 18.8 Å². The largest absolute Gasteiger partial charge is 0.494 e. The van der Waals surface area contributed by atoms with Crippen molar-refractivity contribution in [3.05, 3.63) is 29.8 Å². The summed E-state index contributed by atoms with van der Waals surface area (Å²) in [6, 6.07) is 7.97. The lowest BCUT2D eigenvalue weighted by Crippen LogP contribution is -2.26. The molecule has 1 heterocycles. The van der Waals surface area contributed by atoms with Gasteiger partial charge in [0.25, 0.3) is 0 Å². The predicted octanol–water partition coefficient (Wildman–Crippen LogP) is 2.65. The van der Waals surface area contributed by atoms with Crippen LogP contribution < -0.4 is 10.5 Å². The summed E-state index contributed by atoms with van der Waals surface area (Å²) in [7, 11) is 0. The summed E-state index contributed by atoms with van der Waals surface area (Å²) in [6.45, 7) is 4.77. The molecule has 3 atom stereocenters. The Hall–Kier alpha value is -1.06. The summed E-state index contributed by atoms with van der Waals surface area (Å²) in [5, 5.41) is 0.